The third-order valence-corrected chi connectivity index (χ3v) is 4.64. The van der Waals surface area contributed by atoms with Crippen LogP contribution < -0.4 is 10.6 Å². The Morgan fingerprint density at radius 2 is 2.08 bits per heavy atom. The lowest BCUT2D eigenvalue weighted by Crippen LogP contribution is -2.38. The zero-order valence-electron chi connectivity index (χ0n) is 14.9. The molecule has 0 fully saturated rings. The van der Waals surface area contributed by atoms with Gasteiger partial charge in [-0.2, -0.15) is 5.10 Å². The predicted octanol–water partition coefficient (Wildman–Crippen LogP) is 3.63. The minimum Gasteiger partial charge on any atom is -0.357 e. The standard InChI is InChI=1S/C17H27N5S.HI/c1-5-18-17(20-12-16-13(2)7-10-23-16)19-8-6-9-22-15(4)11-14(3)21-22;/h7,10-11H,5-6,8-9,12H2,1-4H3,(H2,18,19,20);1H. The molecule has 0 radical (unpaired) electrons. The first-order valence-corrected chi connectivity index (χ1v) is 9.04. The van der Waals surface area contributed by atoms with Crippen molar-refractivity contribution in [3.63, 3.8) is 0 Å². The van der Waals surface area contributed by atoms with Crippen LogP contribution in [0.4, 0.5) is 0 Å². The van der Waals surface area contributed by atoms with E-state index in [1.54, 1.807) is 11.3 Å². The number of aryl methyl sites for hydroxylation is 4. The molecule has 0 saturated heterocycles. The zero-order valence-corrected chi connectivity index (χ0v) is 18.1. The fraction of sp³-hybridized carbons (Fsp3) is 0.529. The Kier molecular flexibility index (Phi) is 9.35. The number of hydrogen-bond acceptors (Lipinski definition) is 3. The zero-order chi connectivity index (χ0) is 16.7. The van der Waals surface area contributed by atoms with Gasteiger partial charge in [-0.3, -0.25) is 4.68 Å². The molecule has 0 amide bonds. The van der Waals surface area contributed by atoms with Crippen molar-refractivity contribution in [2.75, 3.05) is 13.1 Å². The van der Waals surface area contributed by atoms with Gasteiger partial charge in [-0.05, 0) is 57.2 Å². The lowest BCUT2D eigenvalue weighted by atomic mass is 10.3. The molecule has 0 aliphatic heterocycles. The van der Waals surface area contributed by atoms with Crippen LogP contribution in [0.15, 0.2) is 22.5 Å². The molecule has 2 N–H and O–H groups in total. The second-order valence-corrected chi connectivity index (χ2v) is 6.65. The van der Waals surface area contributed by atoms with Crippen LogP contribution in [0, 0.1) is 20.8 Å². The number of aliphatic imine (C=N–C) groups is 1. The SMILES string of the molecule is CCNC(=NCc1sccc1C)NCCCn1nc(C)cc1C.I. The highest BCUT2D eigenvalue weighted by Gasteiger charge is 2.02. The topological polar surface area (TPSA) is 54.2 Å². The molecule has 0 unspecified atom stereocenters. The van der Waals surface area contributed by atoms with E-state index in [-0.39, 0.29) is 24.0 Å². The van der Waals surface area contributed by atoms with E-state index in [4.69, 9.17) is 0 Å². The average molecular weight is 461 g/mol. The van der Waals surface area contributed by atoms with Gasteiger partial charge in [0.25, 0.3) is 0 Å². The number of aromatic nitrogens is 2. The molecule has 2 heterocycles. The van der Waals surface area contributed by atoms with Crippen LogP contribution in [0.3, 0.4) is 0 Å². The molecule has 2 rings (SSSR count). The van der Waals surface area contributed by atoms with Gasteiger partial charge in [0.2, 0.25) is 0 Å². The number of halogens is 1. The van der Waals surface area contributed by atoms with Crippen molar-refractivity contribution in [3.8, 4) is 0 Å². The largest absolute Gasteiger partial charge is 0.357 e. The number of hydrogen-bond donors (Lipinski definition) is 2. The molecule has 0 aliphatic rings. The van der Waals surface area contributed by atoms with E-state index < -0.39 is 0 Å². The summed E-state index contributed by atoms with van der Waals surface area (Å²) in [5.41, 5.74) is 3.62. The summed E-state index contributed by atoms with van der Waals surface area (Å²) in [4.78, 5) is 5.99. The second-order valence-electron chi connectivity index (χ2n) is 5.65. The normalized spacial score (nSPS) is 11.2. The Bertz CT molecular complexity index is 647. The van der Waals surface area contributed by atoms with Crippen molar-refractivity contribution >= 4 is 41.3 Å². The summed E-state index contributed by atoms with van der Waals surface area (Å²) in [7, 11) is 0. The van der Waals surface area contributed by atoms with Gasteiger partial charge < -0.3 is 10.6 Å². The molecule has 2 aromatic rings. The monoisotopic (exact) mass is 461 g/mol. The van der Waals surface area contributed by atoms with Crippen LogP contribution in [0.5, 0.6) is 0 Å². The van der Waals surface area contributed by atoms with E-state index in [1.807, 2.05) is 6.92 Å². The molecule has 134 valence electrons. The van der Waals surface area contributed by atoms with Crippen LogP contribution in [-0.2, 0) is 13.1 Å². The minimum absolute atomic E-state index is 0. The summed E-state index contributed by atoms with van der Waals surface area (Å²) in [6.45, 7) is 11.8. The molecule has 2 aromatic heterocycles. The van der Waals surface area contributed by atoms with Crippen molar-refractivity contribution < 1.29 is 0 Å². The van der Waals surface area contributed by atoms with Crippen molar-refractivity contribution in [1.29, 1.82) is 0 Å². The van der Waals surface area contributed by atoms with Gasteiger partial charge in [-0.15, -0.1) is 35.3 Å². The minimum atomic E-state index is 0. The summed E-state index contributed by atoms with van der Waals surface area (Å²) >= 11 is 1.76. The maximum Gasteiger partial charge on any atom is 0.191 e. The molecule has 0 atom stereocenters. The van der Waals surface area contributed by atoms with E-state index in [9.17, 15) is 0 Å². The molecule has 0 saturated carbocycles. The van der Waals surface area contributed by atoms with Gasteiger partial charge in [-0.25, -0.2) is 4.99 Å². The third kappa shape index (κ3) is 6.43. The molecule has 0 aromatic carbocycles. The molecule has 0 bridgehead atoms. The van der Waals surface area contributed by atoms with Crippen molar-refractivity contribution in [2.24, 2.45) is 4.99 Å². The van der Waals surface area contributed by atoms with Crippen LogP contribution in [-0.4, -0.2) is 28.8 Å². The first-order valence-electron chi connectivity index (χ1n) is 8.16. The number of nitrogens with zero attached hydrogens (tertiary/aromatic N) is 3. The number of rotatable bonds is 7. The maximum absolute atomic E-state index is 4.67. The van der Waals surface area contributed by atoms with E-state index >= 15 is 0 Å². The highest BCUT2D eigenvalue weighted by atomic mass is 127. The first-order chi connectivity index (χ1) is 11.1. The summed E-state index contributed by atoms with van der Waals surface area (Å²) in [6, 6.07) is 4.26. The van der Waals surface area contributed by atoms with Gasteiger partial charge in [0, 0.05) is 30.2 Å². The van der Waals surface area contributed by atoms with E-state index in [2.05, 4.69) is 63.7 Å². The Balaban J connectivity index is 0.00000288. The lowest BCUT2D eigenvalue weighted by Gasteiger charge is -2.11. The van der Waals surface area contributed by atoms with Gasteiger partial charge in [0.05, 0.1) is 12.2 Å². The van der Waals surface area contributed by atoms with Gasteiger partial charge >= 0.3 is 0 Å². The fourth-order valence-electron chi connectivity index (χ4n) is 2.40. The predicted molar refractivity (Wildman–Crippen MR) is 114 cm³/mol. The number of guanidine groups is 1. The first kappa shape index (κ1) is 21.0. The average Bonchev–Trinajstić information content (AvgIpc) is 3.06. The van der Waals surface area contributed by atoms with Gasteiger partial charge in [0.1, 0.15) is 0 Å². The summed E-state index contributed by atoms with van der Waals surface area (Å²) in [5.74, 6) is 0.883. The molecule has 5 nitrogen and oxygen atoms in total. The Labute approximate surface area is 166 Å². The molecule has 0 aliphatic carbocycles. The summed E-state index contributed by atoms with van der Waals surface area (Å²) in [6.07, 6.45) is 1.02. The van der Waals surface area contributed by atoms with Crippen LogP contribution in [0.1, 0.15) is 35.2 Å². The van der Waals surface area contributed by atoms with Crippen molar-refractivity contribution in [1.82, 2.24) is 20.4 Å². The number of nitrogens with one attached hydrogen (secondary N) is 2. The van der Waals surface area contributed by atoms with E-state index in [1.165, 1.54) is 16.1 Å². The summed E-state index contributed by atoms with van der Waals surface area (Å²) in [5, 5.41) is 13.3. The quantitative estimate of drug-likeness (QED) is 0.287. The smallest absolute Gasteiger partial charge is 0.191 e. The molecule has 7 heteroatoms. The van der Waals surface area contributed by atoms with E-state index in [0.717, 1.165) is 44.3 Å². The summed E-state index contributed by atoms with van der Waals surface area (Å²) < 4.78 is 2.07. The van der Waals surface area contributed by atoms with Gasteiger partial charge in [-0.1, -0.05) is 0 Å². The number of thiophene rings is 1. The van der Waals surface area contributed by atoms with Crippen molar-refractivity contribution in [3.05, 3.63) is 39.3 Å². The van der Waals surface area contributed by atoms with E-state index in [0.29, 0.717) is 0 Å². The molecule has 0 spiro atoms. The maximum atomic E-state index is 4.67. The Hall–Kier alpha value is -1.09. The highest BCUT2D eigenvalue weighted by molar-refractivity contribution is 14.0. The van der Waals surface area contributed by atoms with Crippen LogP contribution >= 0.6 is 35.3 Å². The Morgan fingerprint density at radius 3 is 2.67 bits per heavy atom. The van der Waals surface area contributed by atoms with Crippen molar-refractivity contribution in [2.45, 2.75) is 47.2 Å². The lowest BCUT2D eigenvalue weighted by molar-refractivity contribution is 0.555. The van der Waals surface area contributed by atoms with Crippen LogP contribution in [0.2, 0.25) is 0 Å². The molecular formula is C17H28IN5S. The molecular weight excluding hydrogens is 433 g/mol. The Morgan fingerprint density at radius 1 is 1.29 bits per heavy atom. The second kappa shape index (κ2) is 10.7. The fourth-order valence-corrected chi connectivity index (χ4v) is 3.23. The highest BCUT2D eigenvalue weighted by Crippen LogP contribution is 2.16. The van der Waals surface area contributed by atoms with Crippen LogP contribution in [0.25, 0.3) is 0 Å². The van der Waals surface area contributed by atoms with Gasteiger partial charge in [0.15, 0.2) is 5.96 Å². The molecule has 24 heavy (non-hydrogen) atoms. The third-order valence-electron chi connectivity index (χ3n) is 3.64.